The van der Waals surface area contributed by atoms with Gasteiger partial charge in [-0.15, -0.1) is 0 Å². The first-order valence-electron chi connectivity index (χ1n) is 6.42. The second kappa shape index (κ2) is 7.47. The molecule has 0 bridgehead atoms. The molecule has 1 atom stereocenters. The molecule has 20 heavy (non-hydrogen) atoms. The van der Waals surface area contributed by atoms with Crippen molar-refractivity contribution < 1.29 is 19.1 Å². The number of urea groups is 1. The van der Waals surface area contributed by atoms with Crippen molar-refractivity contribution in [1.29, 1.82) is 0 Å². The lowest BCUT2D eigenvalue weighted by molar-refractivity contribution is -0.137. The zero-order valence-electron chi connectivity index (χ0n) is 11.6. The van der Waals surface area contributed by atoms with Crippen LogP contribution >= 0.6 is 0 Å². The van der Waals surface area contributed by atoms with E-state index < -0.39 is 17.8 Å². The fourth-order valence-corrected chi connectivity index (χ4v) is 1.69. The van der Waals surface area contributed by atoms with Crippen LogP contribution < -0.4 is 10.6 Å². The number of anilines is 1. The van der Waals surface area contributed by atoms with E-state index in [0.29, 0.717) is 18.5 Å². The Morgan fingerprint density at radius 3 is 2.70 bits per heavy atom. The van der Waals surface area contributed by atoms with Gasteiger partial charge in [0.1, 0.15) is 5.82 Å². The molecule has 3 N–H and O–H groups in total. The Morgan fingerprint density at radius 1 is 1.40 bits per heavy atom. The highest BCUT2D eigenvalue weighted by Crippen LogP contribution is 2.18. The monoisotopic (exact) mass is 282 g/mol. The normalized spacial score (nSPS) is 11.8. The summed E-state index contributed by atoms with van der Waals surface area (Å²) in [6.45, 7) is 3.89. The Morgan fingerprint density at radius 2 is 2.10 bits per heavy atom. The predicted molar refractivity (Wildman–Crippen MR) is 74.2 cm³/mol. The number of aryl methyl sites for hydroxylation is 1. The third kappa shape index (κ3) is 5.26. The van der Waals surface area contributed by atoms with Crippen molar-refractivity contribution in [3.63, 3.8) is 0 Å². The third-order valence-electron chi connectivity index (χ3n) is 2.92. The Labute approximate surface area is 117 Å². The van der Waals surface area contributed by atoms with Gasteiger partial charge in [0.05, 0.1) is 5.69 Å². The number of hydrogen-bond donors (Lipinski definition) is 3. The summed E-state index contributed by atoms with van der Waals surface area (Å²) in [6.07, 6.45) is 0.547. The number of carboxylic acids is 1. The molecule has 0 fully saturated rings. The number of halogens is 1. The summed E-state index contributed by atoms with van der Waals surface area (Å²) in [5, 5.41) is 13.6. The van der Waals surface area contributed by atoms with Gasteiger partial charge in [0, 0.05) is 13.0 Å². The van der Waals surface area contributed by atoms with E-state index in [1.807, 2.05) is 6.92 Å². The fourth-order valence-electron chi connectivity index (χ4n) is 1.69. The molecule has 0 spiro atoms. The highest BCUT2D eigenvalue weighted by Gasteiger charge is 2.11. The van der Waals surface area contributed by atoms with Crippen molar-refractivity contribution >= 4 is 17.7 Å². The summed E-state index contributed by atoms with van der Waals surface area (Å²) in [5.74, 6) is -1.30. The first-order valence-corrected chi connectivity index (χ1v) is 6.42. The Hall–Kier alpha value is -2.11. The lowest BCUT2D eigenvalue weighted by Gasteiger charge is -2.13. The van der Waals surface area contributed by atoms with E-state index in [4.69, 9.17) is 5.11 Å². The van der Waals surface area contributed by atoms with Gasteiger partial charge in [0.2, 0.25) is 0 Å². The minimum absolute atomic E-state index is 0.0403. The summed E-state index contributed by atoms with van der Waals surface area (Å²) in [6, 6.07) is 4.05. The summed E-state index contributed by atoms with van der Waals surface area (Å²) in [4.78, 5) is 22.1. The van der Waals surface area contributed by atoms with Crippen LogP contribution in [0, 0.1) is 18.7 Å². The zero-order valence-corrected chi connectivity index (χ0v) is 11.6. The van der Waals surface area contributed by atoms with Crippen molar-refractivity contribution in [1.82, 2.24) is 5.32 Å². The molecule has 0 aliphatic heterocycles. The summed E-state index contributed by atoms with van der Waals surface area (Å²) < 4.78 is 13.5. The van der Waals surface area contributed by atoms with E-state index in [-0.39, 0.29) is 18.0 Å². The maximum Gasteiger partial charge on any atom is 0.319 e. The second-order valence-corrected chi connectivity index (χ2v) is 4.80. The molecule has 0 heterocycles. The SMILES string of the molecule is Cc1cccc(F)c1NC(=O)NCC(C)CCC(=O)O. The third-order valence-corrected chi connectivity index (χ3v) is 2.92. The topological polar surface area (TPSA) is 78.4 Å². The van der Waals surface area contributed by atoms with Crippen molar-refractivity contribution in [3.05, 3.63) is 29.6 Å². The number of hydrogen-bond acceptors (Lipinski definition) is 2. The van der Waals surface area contributed by atoms with E-state index in [1.165, 1.54) is 6.07 Å². The van der Waals surface area contributed by atoms with E-state index >= 15 is 0 Å². The summed E-state index contributed by atoms with van der Waals surface area (Å²) in [7, 11) is 0. The number of benzene rings is 1. The molecule has 0 radical (unpaired) electrons. The van der Waals surface area contributed by atoms with Gasteiger partial charge in [-0.3, -0.25) is 4.79 Å². The van der Waals surface area contributed by atoms with E-state index in [2.05, 4.69) is 10.6 Å². The van der Waals surface area contributed by atoms with Crippen LogP contribution in [0.4, 0.5) is 14.9 Å². The first kappa shape index (κ1) is 15.9. The molecule has 6 heteroatoms. The number of carboxylic acid groups (broad SMARTS) is 1. The van der Waals surface area contributed by atoms with E-state index in [0.717, 1.165) is 0 Å². The minimum atomic E-state index is -0.858. The molecule has 1 rings (SSSR count). The maximum atomic E-state index is 13.5. The van der Waals surface area contributed by atoms with Gasteiger partial charge in [0.25, 0.3) is 0 Å². The molecular formula is C14H19FN2O3. The van der Waals surface area contributed by atoms with Crippen LogP contribution in [0.15, 0.2) is 18.2 Å². The van der Waals surface area contributed by atoms with E-state index in [9.17, 15) is 14.0 Å². The number of para-hydroxylation sites is 1. The molecule has 2 amide bonds. The largest absolute Gasteiger partial charge is 0.481 e. The molecule has 110 valence electrons. The Kier molecular flexibility index (Phi) is 5.96. The molecule has 0 aliphatic rings. The molecule has 0 aliphatic carbocycles. The van der Waals surface area contributed by atoms with Crippen molar-refractivity contribution in [2.24, 2.45) is 5.92 Å². The highest BCUT2D eigenvalue weighted by molar-refractivity contribution is 5.90. The van der Waals surface area contributed by atoms with Gasteiger partial charge in [-0.05, 0) is 30.9 Å². The Balaban J connectivity index is 2.42. The van der Waals surface area contributed by atoms with Gasteiger partial charge in [0.15, 0.2) is 0 Å². The molecule has 1 aromatic rings. The molecular weight excluding hydrogens is 263 g/mol. The fraction of sp³-hybridized carbons (Fsp3) is 0.429. The van der Waals surface area contributed by atoms with Gasteiger partial charge in [-0.1, -0.05) is 19.1 Å². The number of rotatable bonds is 6. The zero-order chi connectivity index (χ0) is 15.1. The lowest BCUT2D eigenvalue weighted by Crippen LogP contribution is -2.33. The molecule has 0 saturated heterocycles. The van der Waals surface area contributed by atoms with Crippen molar-refractivity contribution in [2.45, 2.75) is 26.7 Å². The van der Waals surface area contributed by atoms with Crippen LogP contribution in [-0.4, -0.2) is 23.7 Å². The van der Waals surface area contributed by atoms with Gasteiger partial charge < -0.3 is 15.7 Å². The van der Waals surface area contributed by atoms with Crippen LogP contribution in [0.5, 0.6) is 0 Å². The molecule has 1 aromatic carbocycles. The summed E-state index contributed by atoms with van der Waals surface area (Å²) in [5.41, 5.74) is 0.794. The predicted octanol–water partition coefficient (Wildman–Crippen LogP) is 2.76. The van der Waals surface area contributed by atoms with Crippen LogP contribution in [0.2, 0.25) is 0 Å². The molecule has 0 aromatic heterocycles. The average Bonchev–Trinajstić information content (AvgIpc) is 2.38. The van der Waals surface area contributed by atoms with Crippen LogP contribution in [-0.2, 0) is 4.79 Å². The van der Waals surface area contributed by atoms with Crippen LogP contribution in [0.25, 0.3) is 0 Å². The van der Waals surface area contributed by atoms with Gasteiger partial charge in [-0.25, -0.2) is 9.18 Å². The average molecular weight is 282 g/mol. The maximum absolute atomic E-state index is 13.5. The number of aliphatic carboxylic acids is 1. The number of nitrogens with one attached hydrogen (secondary N) is 2. The van der Waals surface area contributed by atoms with Gasteiger partial charge in [-0.2, -0.15) is 0 Å². The smallest absolute Gasteiger partial charge is 0.319 e. The number of carbonyl (C=O) groups excluding carboxylic acids is 1. The highest BCUT2D eigenvalue weighted by atomic mass is 19.1. The second-order valence-electron chi connectivity index (χ2n) is 4.80. The van der Waals surface area contributed by atoms with Gasteiger partial charge >= 0.3 is 12.0 Å². The number of amides is 2. The Bertz CT molecular complexity index is 471. The van der Waals surface area contributed by atoms with Crippen LogP contribution in [0.1, 0.15) is 25.3 Å². The van der Waals surface area contributed by atoms with Crippen molar-refractivity contribution in [2.75, 3.05) is 11.9 Å². The molecule has 0 saturated carbocycles. The summed E-state index contributed by atoms with van der Waals surface area (Å²) >= 11 is 0. The molecule has 5 nitrogen and oxygen atoms in total. The van der Waals surface area contributed by atoms with Crippen molar-refractivity contribution in [3.8, 4) is 0 Å². The van der Waals surface area contributed by atoms with E-state index in [1.54, 1.807) is 19.1 Å². The molecule has 1 unspecified atom stereocenters. The quantitative estimate of drug-likeness (QED) is 0.750. The van der Waals surface area contributed by atoms with Crippen LogP contribution in [0.3, 0.4) is 0 Å². The first-order chi connectivity index (χ1) is 9.40. The number of carbonyl (C=O) groups is 2. The standard InChI is InChI=1S/C14H19FN2O3/c1-9(6-7-12(18)19)8-16-14(20)17-13-10(2)4-3-5-11(13)15/h3-5,9H,6-8H2,1-2H3,(H,18,19)(H2,16,17,20). The minimum Gasteiger partial charge on any atom is -0.481 e. The lowest BCUT2D eigenvalue weighted by atomic mass is 10.1.